The number of para-hydroxylation sites is 2. The van der Waals surface area contributed by atoms with Crippen LogP contribution >= 0.6 is 11.8 Å². The number of nitrogens with zero attached hydrogens (tertiary/aromatic N) is 1. The van der Waals surface area contributed by atoms with Crippen molar-refractivity contribution >= 4 is 40.9 Å². The molecule has 7 heteroatoms. The fourth-order valence-electron chi connectivity index (χ4n) is 3.27. The summed E-state index contributed by atoms with van der Waals surface area (Å²) in [4.78, 5) is 41.3. The van der Waals surface area contributed by atoms with E-state index in [0.717, 1.165) is 15.4 Å². The van der Waals surface area contributed by atoms with Crippen LogP contribution in [0.25, 0.3) is 0 Å². The summed E-state index contributed by atoms with van der Waals surface area (Å²) in [6, 6.07) is 23.2. The quantitative estimate of drug-likeness (QED) is 0.436. The van der Waals surface area contributed by atoms with Crippen molar-refractivity contribution in [1.82, 2.24) is 0 Å². The number of aryl methyl sites for hydroxylation is 1. The van der Waals surface area contributed by atoms with Gasteiger partial charge in [0.1, 0.15) is 10.6 Å². The van der Waals surface area contributed by atoms with Gasteiger partial charge in [0.25, 0.3) is 11.8 Å². The summed E-state index contributed by atoms with van der Waals surface area (Å²) >= 11 is 1.21. The number of imide groups is 1. The maximum Gasteiger partial charge on any atom is 0.339 e. The number of benzene rings is 3. The zero-order valence-corrected chi connectivity index (χ0v) is 18.3. The molecule has 2 amide bonds. The van der Waals surface area contributed by atoms with Crippen LogP contribution in [-0.2, 0) is 14.3 Å². The van der Waals surface area contributed by atoms with Gasteiger partial charge in [-0.15, -0.1) is 0 Å². The van der Waals surface area contributed by atoms with Crippen LogP contribution in [0.2, 0.25) is 0 Å². The van der Waals surface area contributed by atoms with Crippen molar-refractivity contribution in [2.45, 2.75) is 11.8 Å². The molecule has 6 nitrogen and oxygen atoms in total. The van der Waals surface area contributed by atoms with Crippen LogP contribution in [0.5, 0.6) is 0 Å². The zero-order valence-electron chi connectivity index (χ0n) is 17.5. The van der Waals surface area contributed by atoms with Crippen molar-refractivity contribution in [1.29, 1.82) is 0 Å². The smallest absolute Gasteiger partial charge is 0.339 e. The lowest BCUT2D eigenvalue weighted by atomic mass is 10.1. The van der Waals surface area contributed by atoms with Crippen molar-refractivity contribution < 1.29 is 19.1 Å². The summed E-state index contributed by atoms with van der Waals surface area (Å²) in [6.07, 6.45) is 0. The van der Waals surface area contributed by atoms with Crippen LogP contribution in [0, 0.1) is 6.92 Å². The van der Waals surface area contributed by atoms with Gasteiger partial charge in [-0.1, -0.05) is 59.8 Å². The largest absolute Gasteiger partial charge is 0.465 e. The van der Waals surface area contributed by atoms with E-state index >= 15 is 0 Å². The van der Waals surface area contributed by atoms with Gasteiger partial charge in [0.05, 0.1) is 18.4 Å². The van der Waals surface area contributed by atoms with E-state index < -0.39 is 17.8 Å². The number of amides is 2. The molecule has 32 heavy (non-hydrogen) atoms. The predicted octanol–water partition coefficient (Wildman–Crippen LogP) is 4.77. The SMILES string of the molecule is COC(=O)c1ccccc1N1C(=O)C(Nc2ccccc2)=C(Sc2ccc(C)cc2)C1=O. The summed E-state index contributed by atoms with van der Waals surface area (Å²) in [5.41, 5.74) is 2.24. The molecule has 160 valence electrons. The molecular formula is C25H20N2O4S. The lowest BCUT2D eigenvalue weighted by molar-refractivity contribution is -0.120. The maximum absolute atomic E-state index is 13.5. The highest BCUT2D eigenvalue weighted by atomic mass is 32.2. The molecule has 0 radical (unpaired) electrons. The highest BCUT2D eigenvalue weighted by molar-refractivity contribution is 8.04. The number of rotatable bonds is 6. The molecule has 0 fully saturated rings. The number of anilines is 2. The number of thioether (sulfide) groups is 1. The van der Waals surface area contributed by atoms with Crippen LogP contribution in [0.15, 0.2) is 94.4 Å². The molecule has 0 aromatic heterocycles. The first-order valence-corrected chi connectivity index (χ1v) is 10.7. The third-order valence-electron chi connectivity index (χ3n) is 4.88. The highest BCUT2D eigenvalue weighted by Gasteiger charge is 2.41. The molecule has 4 rings (SSSR count). The molecule has 3 aromatic rings. The fraction of sp³-hybridized carbons (Fsp3) is 0.0800. The van der Waals surface area contributed by atoms with Gasteiger partial charge >= 0.3 is 5.97 Å². The van der Waals surface area contributed by atoms with Gasteiger partial charge < -0.3 is 10.1 Å². The Morgan fingerprint density at radius 1 is 0.875 bits per heavy atom. The first-order chi connectivity index (χ1) is 15.5. The fourth-order valence-corrected chi connectivity index (χ4v) is 4.20. The second-order valence-electron chi connectivity index (χ2n) is 7.06. The molecule has 0 bridgehead atoms. The van der Waals surface area contributed by atoms with Gasteiger partial charge in [0, 0.05) is 10.6 Å². The molecule has 0 atom stereocenters. The lowest BCUT2D eigenvalue weighted by Gasteiger charge is -2.18. The third-order valence-corrected chi connectivity index (χ3v) is 5.97. The standard InChI is InChI=1S/C25H20N2O4S/c1-16-12-14-18(15-13-16)32-22-21(26-17-8-4-3-5-9-17)23(28)27(24(22)29)20-11-7-6-10-19(20)25(30)31-2/h3-15,26H,1-2H3. The molecule has 1 heterocycles. The molecular weight excluding hydrogens is 424 g/mol. The van der Waals surface area contributed by atoms with Gasteiger partial charge in [-0.3, -0.25) is 9.59 Å². The number of hydrogen-bond acceptors (Lipinski definition) is 6. The zero-order chi connectivity index (χ0) is 22.7. The van der Waals surface area contributed by atoms with Crippen molar-refractivity contribution in [3.8, 4) is 0 Å². The summed E-state index contributed by atoms with van der Waals surface area (Å²) in [5.74, 6) is -1.67. The Morgan fingerprint density at radius 2 is 1.53 bits per heavy atom. The number of hydrogen-bond donors (Lipinski definition) is 1. The average Bonchev–Trinajstić information content (AvgIpc) is 3.04. The Balaban J connectivity index is 1.78. The van der Waals surface area contributed by atoms with E-state index in [9.17, 15) is 14.4 Å². The second kappa shape index (κ2) is 9.11. The predicted molar refractivity (Wildman–Crippen MR) is 124 cm³/mol. The molecule has 0 saturated carbocycles. The van der Waals surface area contributed by atoms with Gasteiger partial charge in [0.15, 0.2) is 0 Å². The topological polar surface area (TPSA) is 75.7 Å². The number of methoxy groups -OCH3 is 1. The Kier molecular flexibility index (Phi) is 6.09. The number of carbonyl (C=O) groups excluding carboxylic acids is 3. The van der Waals surface area contributed by atoms with Gasteiger partial charge in [-0.05, 0) is 43.3 Å². The van der Waals surface area contributed by atoms with E-state index in [1.54, 1.807) is 18.2 Å². The number of esters is 1. The minimum Gasteiger partial charge on any atom is -0.465 e. The summed E-state index contributed by atoms with van der Waals surface area (Å²) in [5, 5.41) is 3.10. The van der Waals surface area contributed by atoms with Crippen molar-refractivity contribution in [3.63, 3.8) is 0 Å². The normalized spacial score (nSPS) is 13.5. The molecule has 1 aliphatic rings. The summed E-state index contributed by atoms with van der Waals surface area (Å²) in [7, 11) is 1.26. The van der Waals surface area contributed by atoms with Gasteiger partial charge in [-0.25, -0.2) is 9.69 Å². The Labute approximate surface area is 189 Å². The van der Waals surface area contributed by atoms with Gasteiger partial charge in [0.2, 0.25) is 0 Å². The highest BCUT2D eigenvalue weighted by Crippen LogP contribution is 2.38. The number of nitrogens with one attached hydrogen (secondary N) is 1. The van der Waals surface area contributed by atoms with E-state index in [1.165, 1.54) is 24.9 Å². The molecule has 3 aromatic carbocycles. The molecule has 0 spiro atoms. The van der Waals surface area contributed by atoms with Crippen molar-refractivity contribution in [3.05, 3.63) is 101 Å². The monoisotopic (exact) mass is 444 g/mol. The third kappa shape index (κ3) is 4.15. The molecule has 1 N–H and O–H groups in total. The van der Waals surface area contributed by atoms with Crippen LogP contribution in [0.4, 0.5) is 11.4 Å². The minimum absolute atomic E-state index is 0.136. The van der Waals surface area contributed by atoms with Crippen molar-refractivity contribution in [2.75, 3.05) is 17.3 Å². The first kappa shape index (κ1) is 21.4. The Morgan fingerprint density at radius 3 is 2.22 bits per heavy atom. The lowest BCUT2D eigenvalue weighted by Crippen LogP contribution is -2.33. The Hall–Kier alpha value is -3.84. The van der Waals surface area contributed by atoms with E-state index in [4.69, 9.17) is 4.74 Å². The Bertz CT molecular complexity index is 1220. The second-order valence-corrected chi connectivity index (χ2v) is 8.15. The van der Waals surface area contributed by atoms with E-state index in [2.05, 4.69) is 5.32 Å². The van der Waals surface area contributed by atoms with Gasteiger partial charge in [-0.2, -0.15) is 0 Å². The van der Waals surface area contributed by atoms with E-state index in [0.29, 0.717) is 5.69 Å². The van der Waals surface area contributed by atoms with Crippen molar-refractivity contribution in [2.24, 2.45) is 0 Å². The van der Waals surface area contributed by atoms with Crippen LogP contribution in [0.3, 0.4) is 0 Å². The number of ether oxygens (including phenoxy) is 1. The molecule has 0 aliphatic carbocycles. The average molecular weight is 445 g/mol. The summed E-state index contributed by atoms with van der Waals surface area (Å²) < 4.78 is 4.84. The minimum atomic E-state index is -0.626. The molecule has 1 aliphatic heterocycles. The van der Waals surface area contributed by atoms with Crippen LogP contribution < -0.4 is 10.2 Å². The maximum atomic E-state index is 13.5. The van der Waals surface area contributed by atoms with Crippen LogP contribution in [0.1, 0.15) is 15.9 Å². The molecule has 0 unspecified atom stereocenters. The number of carbonyl (C=O) groups is 3. The van der Waals surface area contributed by atoms with Crippen LogP contribution in [-0.4, -0.2) is 24.9 Å². The summed E-state index contributed by atoms with van der Waals surface area (Å²) in [6.45, 7) is 1.98. The van der Waals surface area contributed by atoms with E-state index in [-0.39, 0.29) is 21.9 Å². The molecule has 0 saturated heterocycles. The first-order valence-electron chi connectivity index (χ1n) is 9.86. The van der Waals surface area contributed by atoms with E-state index in [1.807, 2.05) is 61.5 Å².